The number of rotatable bonds is 7. The molecule has 1 aliphatic rings. The smallest absolute Gasteiger partial charge is 0.337 e. The van der Waals surface area contributed by atoms with E-state index in [-0.39, 0.29) is 37.5 Å². The summed E-state index contributed by atoms with van der Waals surface area (Å²) in [4.78, 5) is 36.3. The zero-order valence-electron chi connectivity index (χ0n) is 16.7. The Kier molecular flexibility index (Phi) is 8.73. The van der Waals surface area contributed by atoms with Crippen LogP contribution in [0.25, 0.3) is 0 Å². The second-order valence-electron chi connectivity index (χ2n) is 6.80. The van der Waals surface area contributed by atoms with E-state index in [0.717, 1.165) is 0 Å². The predicted molar refractivity (Wildman–Crippen MR) is 110 cm³/mol. The number of aliphatic hydroxyl groups is 1. The molecule has 0 amide bonds. The Labute approximate surface area is 175 Å². The number of nitrogens with one attached hydrogen (secondary N) is 1. The Bertz CT molecular complexity index is 887. The molecule has 2 rings (SSSR count). The van der Waals surface area contributed by atoms with Crippen LogP contribution in [0.15, 0.2) is 46.8 Å². The highest BCUT2D eigenvalue weighted by Gasteiger charge is 2.38. The molecule has 2 N–H and O–H groups in total. The minimum absolute atomic E-state index is 0. The monoisotopic (exact) mass is 420 g/mol. The van der Waals surface area contributed by atoms with Gasteiger partial charge in [0.1, 0.15) is 6.61 Å². The van der Waals surface area contributed by atoms with Crippen LogP contribution >= 0.6 is 0 Å². The first-order valence-electron chi connectivity index (χ1n) is 9.09. The number of allylic oxidation sites excluding steroid dienone is 2. The van der Waals surface area contributed by atoms with E-state index in [4.69, 9.17) is 14.6 Å². The third-order valence-corrected chi connectivity index (χ3v) is 4.28. The van der Waals surface area contributed by atoms with Crippen LogP contribution in [0, 0.1) is 10.1 Å². The number of dihydropyridines is 1. The van der Waals surface area contributed by atoms with E-state index in [1.54, 1.807) is 33.8 Å². The summed E-state index contributed by atoms with van der Waals surface area (Å²) in [5, 5.41) is 23.2. The highest BCUT2D eigenvalue weighted by molar-refractivity contribution is 6.00. The molecule has 0 saturated heterocycles. The molecule has 1 unspecified atom stereocenters. The van der Waals surface area contributed by atoms with Gasteiger partial charge in [-0.25, -0.2) is 9.59 Å². The first-order valence-corrected chi connectivity index (χ1v) is 9.09. The quantitative estimate of drug-likeness (QED) is 0.391. The highest BCUT2D eigenvalue weighted by Crippen LogP contribution is 2.40. The van der Waals surface area contributed by atoms with Crippen LogP contribution in [-0.4, -0.2) is 41.3 Å². The maximum atomic E-state index is 12.8. The van der Waals surface area contributed by atoms with Crippen LogP contribution in [0.4, 0.5) is 5.69 Å². The van der Waals surface area contributed by atoms with E-state index in [1.165, 1.54) is 18.2 Å². The minimum Gasteiger partial charge on any atom is -0.460 e. The van der Waals surface area contributed by atoms with Gasteiger partial charge in [0, 0.05) is 23.5 Å². The van der Waals surface area contributed by atoms with Crippen molar-refractivity contribution in [2.75, 3.05) is 13.2 Å². The van der Waals surface area contributed by atoms with Gasteiger partial charge in [0.25, 0.3) is 5.69 Å². The highest BCUT2D eigenvalue weighted by atomic mass is 16.6. The van der Waals surface area contributed by atoms with Gasteiger partial charge in [-0.2, -0.15) is 0 Å². The van der Waals surface area contributed by atoms with E-state index in [1.807, 2.05) is 0 Å². The summed E-state index contributed by atoms with van der Waals surface area (Å²) in [6, 6.07) is 5.74. The lowest BCUT2D eigenvalue weighted by Gasteiger charge is -2.30. The topological polar surface area (TPSA) is 128 Å². The minimum atomic E-state index is -0.923. The second-order valence-corrected chi connectivity index (χ2v) is 6.80. The van der Waals surface area contributed by atoms with E-state index in [9.17, 15) is 19.7 Å². The summed E-state index contributed by atoms with van der Waals surface area (Å²) in [7, 11) is 0. The number of hydrogen-bond acceptors (Lipinski definition) is 8. The summed E-state index contributed by atoms with van der Waals surface area (Å²) in [5.74, 6) is -2.29. The van der Waals surface area contributed by atoms with Crippen LogP contribution < -0.4 is 5.32 Å². The molecule has 0 saturated carbocycles. The van der Waals surface area contributed by atoms with Gasteiger partial charge in [-0.05, 0) is 33.3 Å². The number of aliphatic hydroxyl groups excluding tert-OH is 1. The van der Waals surface area contributed by atoms with E-state index in [0.29, 0.717) is 17.0 Å². The summed E-state index contributed by atoms with van der Waals surface area (Å²) in [6.07, 6.45) is -0.398. The van der Waals surface area contributed by atoms with Crippen LogP contribution in [0.1, 0.15) is 46.6 Å². The predicted octanol–water partition coefficient (Wildman–Crippen LogP) is 2.95. The van der Waals surface area contributed by atoms with Crippen molar-refractivity contribution in [3.05, 3.63) is 62.5 Å². The summed E-state index contributed by atoms with van der Waals surface area (Å²) < 4.78 is 10.4. The number of non-ortho nitro benzene ring substituents is 1. The number of hydrogen-bond donors (Lipinski definition) is 2. The number of ether oxygens (including phenoxy) is 2. The molecular weight excluding hydrogens is 392 g/mol. The molecular formula is C21H28N2O7. The molecule has 0 aromatic heterocycles. The zero-order chi connectivity index (χ0) is 21.7. The molecule has 30 heavy (non-hydrogen) atoms. The molecule has 1 aliphatic heterocycles. The summed E-state index contributed by atoms with van der Waals surface area (Å²) in [5.41, 5.74) is 1.43. The van der Waals surface area contributed by atoms with Crippen molar-refractivity contribution >= 4 is 17.6 Å². The Balaban J connectivity index is 0.00000450. The van der Waals surface area contributed by atoms with Crippen LogP contribution in [0.2, 0.25) is 0 Å². The fourth-order valence-electron chi connectivity index (χ4n) is 3.18. The number of nitrogens with zero attached hydrogens (tertiary/aromatic N) is 1. The SMILES string of the molecule is C.CC1=C(C(=O)OCCO)C(c2cccc([N+](=O)[O-])c2)C(C(=O)OC(C)C)=C(C)N1. The van der Waals surface area contributed by atoms with Crippen LogP contribution in [0.3, 0.4) is 0 Å². The lowest BCUT2D eigenvalue weighted by molar-refractivity contribution is -0.384. The lowest BCUT2D eigenvalue weighted by atomic mass is 9.80. The fraction of sp³-hybridized carbons (Fsp3) is 0.429. The summed E-state index contributed by atoms with van der Waals surface area (Å²) >= 11 is 0. The third-order valence-electron chi connectivity index (χ3n) is 4.28. The largest absolute Gasteiger partial charge is 0.460 e. The van der Waals surface area contributed by atoms with E-state index in [2.05, 4.69) is 5.32 Å². The van der Waals surface area contributed by atoms with Gasteiger partial charge in [-0.15, -0.1) is 0 Å². The number of carbonyl (C=O) groups excluding carboxylic acids is 2. The Hall–Kier alpha value is -3.20. The Morgan fingerprint density at radius 2 is 1.80 bits per heavy atom. The van der Waals surface area contributed by atoms with Gasteiger partial charge in [0.15, 0.2) is 0 Å². The number of carbonyl (C=O) groups is 2. The lowest BCUT2D eigenvalue weighted by Crippen LogP contribution is -2.33. The molecule has 0 radical (unpaired) electrons. The molecule has 9 nitrogen and oxygen atoms in total. The maximum Gasteiger partial charge on any atom is 0.337 e. The number of nitro benzene ring substituents is 1. The first-order chi connectivity index (χ1) is 13.7. The first kappa shape index (κ1) is 24.8. The molecule has 0 fully saturated rings. The van der Waals surface area contributed by atoms with Gasteiger partial charge in [-0.3, -0.25) is 10.1 Å². The Morgan fingerprint density at radius 1 is 1.20 bits per heavy atom. The average molecular weight is 420 g/mol. The number of nitro groups is 1. The van der Waals surface area contributed by atoms with Gasteiger partial charge in [-0.1, -0.05) is 19.6 Å². The molecule has 1 aromatic rings. The van der Waals surface area contributed by atoms with Crippen molar-refractivity contribution in [2.45, 2.75) is 47.1 Å². The second kappa shape index (κ2) is 10.5. The zero-order valence-corrected chi connectivity index (χ0v) is 16.7. The van der Waals surface area contributed by atoms with Crippen molar-refractivity contribution in [1.82, 2.24) is 5.32 Å². The van der Waals surface area contributed by atoms with Gasteiger partial charge >= 0.3 is 11.9 Å². The molecule has 0 bridgehead atoms. The van der Waals surface area contributed by atoms with Gasteiger partial charge in [0.05, 0.1) is 34.7 Å². The van der Waals surface area contributed by atoms with Gasteiger partial charge < -0.3 is 19.9 Å². The van der Waals surface area contributed by atoms with Crippen LogP contribution in [0.5, 0.6) is 0 Å². The molecule has 9 heteroatoms. The van der Waals surface area contributed by atoms with Crippen molar-refractivity contribution in [3.63, 3.8) is 0 Å². The molecule has 1 atom stereocenters. The molecule has 0 aliphatic carbocycles. The maximum absolute atomic E-state index is 12.8. The number of esters is 2. The summed E-state index contributed by atoms with van der Waals surface area (Å²) in [6.45, 7) is 6.14. The van der Waals surface area contributed by atoms with E-state index < -0.39 is 28.9 Å². The molecule has 1 heterocycles. The van der Waals surface area contributed by atoms with E-state index >= 15 is 0 Å². The van der Waals surface area contributed by atoms with Gasteiger partial charge in [0.2, 0.25) is 0 Å². The third kappa shape index (κ3) is 5.44. The number of benzene rings is 1. The molecule has 1 aromatic carbocycles. The van der Waals surface area contributed by atoms with Crippen molar-refractivity contribution in [2.24, 2.45) is 0 Å². The fourth-order valence-corrected chi connectivity index (χ4v) is 3.18. The normalized spacial score (nSPS) is 16.0. The van der Waals surface area contributed by atoms with Crippen molar-refractivity contribution < 1.29 is 29.1 Å². The molecule has 0 spiro atoms. The van der Waals surface area contributed by atoms with Crippen molar-refractivity contribution in [3.8, 4) is 0 Å². The van der Waals surface area contributed by atoms with Crippen molar-refractivity contribution in [1.29, 1.82) is 0 Å². The standard InChI is InChI=1S/C20H24N2O7.CH4/c1-11(2)29-20(25)17-13(4)21-12(3)16(19(24)28-9-8-23)18(17)14-6-5-7-15(10-14)22(26)27;/h5-7,10-11,18,21,23H,8-9H2,1-4H3;1H4. The van der Waals surface area contributed by atoms with Crippen LogP contribution in [-0.2, 0) is 19.1 Å². The molecule has 164 valence electrons. The average Bonchev–Trinajstić information content (AvgIpc) is 2.64. The Morgan fingerprint density at radius 3 is 2.33 bits per heavy atom.